The minimum absolute atomic E-state index is 0.882. The van der Waals surface area contributed by atoms with Crippen molar-refractivity contribution in [2.75, 3.05) is 20.1 Å². The number of likely N-dealkylation sites (N-methyl/N-ethyl adjacent to an activating group) is 1. The number of aromatic nitrogens is 2. The highest BCUT2D eigenvalue weighted by molar-refractivity contribution is 5.14. The number of hydrogen-bond acceptors (Lipinski definition) is 4. The Morgan fingerprint density at radius 3 is 2.57 bits per heavy atom. The molecule has 4 heteroatoms. The Kier molecular flexibility index (Phi) is 6.31. The second kappa shape index (κ2) is 8.49. The van der Waals surface area contributed by atoms with Gasteiger partial charge in [-0.1, -0.05) is 13.0 Å². The van der Waals surface area contributed by atoms with Crippen LogP contribution in [0.2, 0.25) is 0 Å². The fraction of sp³-hybridized carbons (Fsp3) is 0.412. The monoisotopic (exact) mass is 284 g/mol. The summed E-state index contributed by atoms with van der Waals surface area (Å²) in [5, 5.41) is 3.31. The van der Waals surface area contributed by atoms with Crippen molar-refractivity contribution in [2.24, 2.45) is 0 Å². The zero-order valence-corrected chi connectivity index (χ0v) is 12.9. The van der Waals surface area contributed by atoms with Crippen molar-refractivity contribution in [2.45, 2.75) is 26.4 Å². The van der Waals surface area contributed by atoms with Gasteiger partial charge in [-0.15, -0.1) is 0 Å². The molecule has 1 N–H and O–H groups in total. The van der Waals surface area contributed by atoms with Crippen molar-refractivity contribution < 1.29 is 0 Å². The molecule has 0 spiro atoms. The molecule has 2 aromatic rings. The molecule has 0 atom stereocenters. The van der Waals surface area contributed by atoms with Gasteiger partial charge in [0.1, 0.15) is 0 Å². The third kappa shape index (κ3) is 5.61. The van der Waals surface area contributed by atoms with Gasteiger partial charge in [-0.25, -0.2) is 0 Å². The molecule has 0 saturated carbocycles. The average Bonchev–Trinajstić information content (AvgIpc) is 2.53. The van der Waals surface area contributed by atoms with Crippen LogP contribution in [-0.2, 0) is 19.5 Å². The van der Waals surface area contributed by atoms with Crippen LogP contribution in [0.15, 0.2) is 42.9 Å². The second-order valence-electron chi connectivity index (χ2n) is 5.28. The van der Waals surface area contributed by atoms with Gasteiger partial charge in [0, 0.05) is 38.2 Å². The molecule has 0 bridgehead atoms. The molecule has 2 rings (SSSR count). The van der Waals surface area contributed by atoms with Gasteiger partial charge >= 0.3 is 0 Å². The van der Waals surface area contributed by atoms with Crippen LogP contribution in [0.5, 0.6) is 0 Å². The predicted molar refractivity (Wildman–Crippen MR) is 85.9 cm³/mol. The molecule has 0 aliphatic heterocycles. The lowest BCUT2D eigenvalue weighted by Gasteiger charge is -2.16. The normalized spacial score (nSPS) is 11.0. The molecule has 0 fully saturated rings. The zero-order valence-electron chi connectivity index (χ0n) is 12.9. The quantitative estimate of drug-likeness (QED) is 0.807. The summed E-state index contributed by atoms with van der Waals surface area (Å²) in [6.07, 6.45) is 6.70. The molecule has 112 valence electrons. The van der Waals surface area contributed by atoms with Crippen LogP contribution < -0.4 is 5.32 Å². The van der Waals surface area contributed by atoms with Crippen LogP contribution in [0.1, 0.15) is 23.7 Å². The smallest absolute Gasteiger partial charge is 0.0544 e. The van der Waals surface area contributed by atoms with Crippen molar-refractivity contribution in [1.82, 2.24) is 20.2 Å². The van der Waals surface area contributed by atoms with E-state index in [4.69, 9.17) is 0 Å². The number of pyridine rings is 2. The molecule has 0 radical (unpaired) electrons. The minimum atomic E-state index is 0.882. The fourth-order valence-electron chi connectivity index (χ4n) is 2.15. The van der Waals surface area contributed by atoms with E-state index >= 15 is 0 Å². The molecule has 0 amide bonds. The van der Waals surface area contributed by atoms with Gasteiger partial charge in [0.2, 0.25) is 0 Å². The first kappa shape index (κ1) is 15.6. The van der Waals surface area contributed by atoms with E-state index in [-0.39, 0.29) is 0 Å². The summed E-state index contributed by atoms with van der Waals surface area (Å²) in [5.41, 5.74) is 3.68. The van der Waals surface area contributed by atoms with Crippen molar-refractivity contribution in [3.63, 3.8) is 0 Å². The first-order valence-corrected chi connectivity index (χ1v) is 7.50. The molecule has 0 aliphatic rings. The van der Waals surface area contributed by atoms with E-state index in [0.717, 1.165) is 38.3 Å². The highest BCUT2D eigenvalue weighted by atomic mass is 15.1. The number of nitrogens with zero attached hydrogens (tertiary/aromatic N) is 3. The van der Waals surface area contributed by atoms with Gasteiger partial charge in [0.05, 0.1) is 5.69 Å². The first-order chi connectivity index (χ1) is 10.3. The zero-order chi connectivity index (χ0) is 14.9. The van der Waals surface area contributed by atoms with Crippen LogP contribution in [0, 0.1) is 0 Å². The van der Waals surface area contributed by atoms with Crippen molar-refractivity contribution in [1.29, 1.82) is 0 Å². The summed E-state index contributed by atoms with van der Waals surface area (Å²) < 4.78 is 0. The lowest BCUT2D eigenvalue weighted by molar-refractivity contribution is 0.327. The number of hydrogen-bond donors (Lipinski definition) is 1. The van der Waals surface area contributed by atoms with Crippen LogP contribution in [0.25, 0.3) is 0 Å². The molecule has 0 unspecified atom stereocenters. The molecule has 0 aromatic carbocycles. The highest BCUT2D eigenvalue weighted by Crippen LogP contribution is 2.05. The van der Waals surface area contributed by atoms with Crippen molar-refractivity contribution in [3.8, 4) is 0 Å². The molecule has 0 saturated heterocycles. The SMILES string of the molecule is CCNCc1ccc(CN(C)CCc2ccncc2)nc1. The Hall–Kier alpha value is -1.78. The summed E-state index contributed by atoms with van der Waals surface area (Å²) in [6.45, 7) is 5.89. The lowest BCUT2D eigenvalue weighted by Crippen LogP contribution is -2.21. The summed E-state index contributed by atoms with van der Waals surface area (Å²) in [5.74, 6) is 0. The van der Waals surface area contributed by atoms with Gasteiger partial charge in [-0.3, -0.25) is 9.97 Å². The third-order valence-corrected chi connectivity index (χ3v) is 3.43. The first-order valence-electron chi connectivity index (χ1n) is 7.50. The van der Waals surface area contributed by atoms with Crippen molar-refractivity contribution >= 4 is 0 Å². The van der Waals surface area contributed by atoms with E-state index in [1.165, 1.54) is 11.1 Å². The van der Waals surface area contributed by atoms with Crippen LogP contribution >= 0.6 is 0 Å². The lowest BCUT2D eigenvalue weighted by atomic mass is 10.2. The standard InChI is InChI=1S/C17H24N4/c1-3-18-12-16-4-5-17(20-13-16)14-21(2)11-8-15-6-9-19-10-7-15/h4-7,9-10,13,18H,3,8,11-12,14H2,1-2H3. The van der Waals surface area contributed by atoms with E-state index in [2.05, 4.69) is 58.4 Å². The third-order valence-electron chi connectivity index (χ3n) is 3.43. The van der Waals surface area contributed by atoms with E-state index in [1.807, 2.05) is 18.6 Å². The summed E-state index contributed by atoms with van der Waals surface area (Å²) in [4.78, 5) is 10.9. The van der Waals surface area contributed by atoms with Gasteiger partial charge in [0.25, 0.3) is 0 Å². The Balaban J connectivity index is 1.78. The summed E-state index contributed by atoms with van der Waals surface area (Å²) in [7, 11) is 2.13. The second-order valence-corrected chi connectivity index (χ2v) is 5.28. The maximum absolute atomic E-state index is 4.53. The van der Waals surface area contributed by atoms with E-state index in [1.54, 1.807) is 0 Å². The van der Waals surface area contributed by atoms with Crippen molar-refractivity contribution in [3.05, 3.63) is 59.7 Å². The molecular formula is C17H24N4. The Labute approximate surface area is 127 Å². The van der Waals surface area contributed by atoms with Crippen LogP contribution in [-0.4, -0.2) is 35.0 Å². The van der Waals surface area contributed by atoms with Gasteiger partial charge in [-0.2, -0.15) is 0 Å². The maximum atomic E-state index is 4.53. The van der Waals surface area contributed by atoms with E-state index < -0.39 is 0 Å². The largest absolute Gasteiger partial charge is 0.313 e. The average molecular weight is 284 g/mol. The Morgan fingerprint density at radius 2 is 1.90 bits per heavy atom. The van der Waals surface area contributed by atoms with Gasteiger partial charge in [-0.05, 0) is 49.3 Å². The maximum Gasteiger partial charge on any atom is 0.0544 e. The summed E-state index contributed by atoms with van der Waals surface area (Å²) >= 11 is 0. The van der Waals surface area contributed by atoms with Gasteiger partial charge in [0.15, 0.2) is 0 Å². The van der Waals surface area contributed by atoms with E-state index in [0.29, 0.717) is 0 Å². The van der Waals surface area contributed by atoms with Crippen LogP contribution in [0.3, 0.4) is 0 Å². The topological polar surface area (TPSA) is 41.0 Å². The van der Waals surface area contributed by atoms with Crippen LogP contribution in [0.4, 0.5) is 0 Å². The predicted octanol–water partition coefficient (Wildman–Crippen LogP) is 2.26. The molecular weight excluding hydrogens is 260 g/mol. The molecule has 2 aromatic heterocycles. The Morgan fingerprint density at radius 1 is 1.10 bits per heavy atom. The van der Waals surface area contributed by atoms with Gasteiger partial charge < -0.3 is 10.2 Å². The molecule has 2 heterocycles. The number of nitrogens with one attached hydrogen (secondary N) is 1. The molecule has 4 nitrogen and oxygen atoms in total. The minimum Gasteiger partial charge on any atom is -0.313 e. The number of rotatable bonds is 8. The molecule has 21 heavy (non-hydrogen) atoms. The molecule has 0 aliphatic carbocycles. The van der Waals surface area contributed by atoms with E-state index in [9.17, 15) is 0 Å². The summed E-state index contributed by atoms with van der Waals surface area (Å²) in [6, 6.07) is 8.42. The Bertz CT molecular complexity index is 510. The fourth-order valence-corrected chi connectivity index (χ4v) is 2.15. The highest BCUT2D eigenvalue weighted by Gasteiger charge is 2.02.